The Hall–Kier alpha value is -2.48. The first kappa shape index (κ1) is 18.3. The zero-order valence-corrected chi connectivity index (χ0v) is 14.0. The van der Waals surface area contributed by atoms with Gasteiger partial charge in [-0.25, -0.2) is 4.39 Å². The van der Waals surface area contributed by atoms with Gasteiger partial charge < -0.3 is 10.4 Å². The summed E-state index contributed by atoms with van der Waals surface area (Å²) in [5.41, 5.74) is -0.529. The van der Waals surface area contributed by atoms with Gasteiger partial charge in [0, 0.05) is 10.6 Å². The smallest absolute Gasteiger partial charge is 0.419 e. The second-order valence-electron chi connectivity index (χ2n) is 5.64. The van der Waals surface area contributed by atoms with Crippen LogP contribution in [0.5, 0.6) is 5.75 Å². The van der Waals surface area contributed by atoms with E-state index in [2.05, 4.69) is 5.32 Å². The van der Waals surface area contributed by atoms with Crippen molar-refractivity contribution in [2.45, 2.75) is 17.8 Å². The molecule has 0 bridgehead atoms. The van der Waals surface area contributed by atoms with Gasteiger partial charge in [0.2, 0.25) is 5.91 Å². The summed E-state index contributed by atoms with van der Waals surface area (Å²) in [7, 11) is 0. The summed E-state index contributed by atoms with van der Waals surface area (Å²) >= 11 is 1.13. The minimum Gasteiger partial charge on any atom is -0.507 e. The fourth-order valence-corrected chi connectivity index (χ4v) is 3.64. The lowest BCUT2D eigenvalue weighted by molar-refractivity contribution is -0.138. The molecule has 26 heavy (non-hydrogen) atoms. The highest BCUT2D eigenvalue weighted by molar-refractivity contribution is 8.09. The van der Waals surface area contributed by atoms with Crippen molar-refractivity contribution < 1.29 is 27.5 Å². The Kier molecular flexibility index (Phi) is 4.95. The minimum atomic E-state index is -4.67. The van der Waals surface area contributed by atoms with Crippen molar-refractivity contribution in [3.8, 4) is 5.75 Å². The van der Waals surface area contributed by atoms with Gasteiger partial charge in [0.1, 0.15) is 11.6 Å². The number of benzene rings is 2. The Morgan fingerprint density at radius 3 is 2.65 bits per heavy atom. The van der Waals surface area contributed by atoms with Gasteiger partial charge in [-0.05, 0) is 42.3 Å². The molecule has 3 rings (SSSR count). The molecular formula is C18H13F4NO2S. The van der Waals surface area contributed by atoms with Crippen LogP contribution in [0.1, 0.15) is 17.5 Å². The molecular weight excluding hydrogens is 370 g/mol. The molecule has 2 aromatic carbocycles. The maximum absolute atomic E-state index is 13.2. The lowest BCUT2D eigenvalue weighted by Crippen LogP contribution is -2.23. The highest BCUT2D eigenvalue weighted by Gasteiger charge is 2.35. The van der Waals surface area contributed by atoms with E-state index < -0.39 is 28.6 Å². The first-order chi connectivity index (χ1) is 12.2. The van der Waals surface area contributed by atoms with Crippen LogP contribution in [0.4, 0.5) is 23.2 Å². The number of aromatic hydroxyl groups is 1. The van der Waals surface area contributed by atoms with Crippen molar-refractivity contribution in [1.29, 1.82) is 0 Å². The first-order valence-electron chi connectivity index (χ1n) is 7.58. The number of carbonyl (C=O) groups excluding carboxylic acids is 1. The molecule has 0 aromatic heterocycles. The van der Waals surface area contributed by atoms with E-state index in [1.807, 2.05) is 0 Å². The molecule has 0 aliphatic carbocycles. The largest absolute Gasteiger partial charge is 0.507 e. The maximum Gasteiger partial charge on any atom is 0.419 e. The number of allylic oxidation sites excluding steroid dienone is 1. The number of phenols is 1. The summed E-state index contributed by atoms with van der Waals surface area (Å²) in [4.78, 5) is 12.8. The number of phenolic OH excluding ortho intramolecular Hbond substituents is 1. The molecule has 8 heteroatoms. The zero-order valence-electron chi connectivity index (χ0n) is 13.2. The second-order valence-corrected chi connectivity index (χ2v) is 6.88. The monoisotopic (exact) mass is 383 g/mol. The number of thioether (sulfide) groups is 1. The van der Waals surface area contributed by atoms with Crippen molar-refractivity contribution >= 4 is 28.3 Å². The van der Waals surface area contributed by atoms with E-state index in [9.17, 15) is 27.5 Å². The van der Waals surface area contributed by atoms with Crippen molar-refractivity contribution in [2.75, 3.05) is 5.32 Å². The van der Waals surface area contributed by atoms with Crippen LogP contribution in [0.2, 0.25) is 0 Å². The van der Waals surface area contributed by atoms with Gasteiger partial charge in [-0.15, -0.1) is 11.8 Å². The summed E-state index contributed by atoms with van der Waals surface area (Å²) < 4.78 is 51.9. The normalized spacial score (nSPS) is 17.1. The predicted molar refractivity (Wildman–Crippen MR) is 92.1 cm³/mol. The number of nitrogens with one attached hydrogen (secondary N) is 1. The van der Waals surface area contributed by atoms with Crippen LogP contribution >= 0.6 is 11.8 Å². The molecule has 0 spiro atoms. The topological polar surface area (TPSA) is 49.3 Å². The van der Waals surface area contributed by atoms with E-state index in [0.29, 0.717) is 17.0 Å². The number of hydrogen-bond donors (Lipinski definition) is 2. The van der Waals surface area contributed by atoms with Crippen LogP contribution in [-0.4, -0.2) is 16.3 Å². The Morgan fingerprint density at radius 1 is 1.19 bits per heavy atom. The summed E-state index contributed by atoms with van der Waals surface area (Å²) in [6.07, 6.45) is -2.66. The third-order valence-corrected chi connectivity index (χ3v) is 5.10. The second kappa shape index (κ2) is 7.03. The fourth-order valence-electron chi connectivity index (χ4n) is 2.52. The van der Waals surface area contributed by atoms with Crippen molar-refractivity contribution in [1.82, 2.24) is 0 Å². The Labute approximate surface area is 150 Å². The summed E-state index contributed by atoms with van der Waals surface area (Å²) in [5.74, 6) is -1.68. The van der Waals surface area contributed by atoms with Gasteiger partial charge in [-0.1, -0.05) is 18.2 Å². The zero-order chi connectivity index (χ0) is 18.9. The minimum absolute atomic E-state index is 0.279. The van der Waals surface area contributed by atoms with Gasteiger partial charge in [-0.2, -0.15) is 13.2 Å². The highest BCUT2D eigenvalue weighted by Crippen LogP contribution is 2.43. The van der Waals surface area contributed by atoms with Crippen molar-refractivity contribution in [3.05, 3.63) is 65.5 Å². The number of rotatable bonds is 3. The van der Waals surface area contributed by atoms with E-state index in [1.165, 1.54) is 24.3 Å². The molecule has 1 aliphatic rings. The molecule has 2 aromatic rings. The number of carbonyl (C=O) groups is 1. The first-order valence-corrected chi connectivity index (χ1v) is 8.46. The number of hydrogen-bond acceptors (Lipinski definition) is 3. The average molecular weight is 383 g/mol. The Morgan fingerprint density at radius 2 is 1.96 bits per heavy atom. The number of amides is 1. The summed E-state index contributed by atoms with van der Waals surface area (Å²) in [6, 6.07) is 8.66. The predicted octanol–water partition coefficient (Wildman–Crippen LogP) is 5.04. The molecule has 1 aliphatic heterocycles. The maximum atomic E-state index is 13.2. The van der Waals surface area contributed by atoms with Gasteiger partial charge in [-0.3, -0.25) is 4.79 Å². The van der Waals surface area contributed by atoms with Crippen molar-refractivity contribution in [2.24, 2.45) is 0 Å². The molecule has 0 radical (unpaired) electrons. The lowest BCUT2D eigenvalue weighted by Gasteiger charge is -2.13. The van der Waals surface area contributed by atoms with E-state index in [0.717, 1.165) is 23.9 Å². The summed E-state index contributed by atoms with van der Waals surface area (Å²) in [5, 5.41) is 11.5. The Balaban J connectivity index is 1.71. The molecule has 0 saturated carbocycles. The van der Waals surface area contributed by atoms with Gasteiger partial charge in [0.15, 0.2) is 0 Å². The van der Waals surface area contributed by atoms with E-state index in [1.54, 1.807) is 12.1 Å². The third kappa shape index (κ3) is 4.01. The van der Waals surface area contributed by atoms with Crippen LogP contribution < -0.4 is 5.32 Å². The van der Waals surface area contributed by atoms with Crippen LogP contribution in [0.15, 0.2) is 48.5 Å². The quantitative estimate of drug-likeness (QED) is 0.731. The molecule has 1 atom stereocenters. The highest BCUT2D eigenvalue weighted by atomic mass is 32.2. The van der Waals surface area contributed by atoms with Crippen molar-refractivity contribution in [3.63, 3.8) is 0 Å². The van der Waals surface area contributed by atoms with E-state index in [-0.39, 0.29) is 11.5 Å². The van der Waals surface area contributed by atoms with Gasteiger partial charge in [0.25, 0.3) is 0 Å². The SMILES string of the molecule is O=C(Nc1cccc(F)c1)C1CC=C(c2ccc(O)c(C(F)(F)F)c2)S1. The molecule has 1 amide bonds. The standard InChI is InChI=1S/C18H13F4NO2S/c19-11-2-1-3-12(9-11)23-17(25)16-7-6-15(26-16)10-4-5-14(24)13(8-10)18(20,21)22/h1-6,8-9,16,24H,7H2,(H,23,25). The van der Waals surface area contributed by atoms with Crippen LogP contribution in [-0.2, 0) is 11.0 Å². The van der Waals surface area contributed by atoms with E-state index in [4.69, 9.17) is 0 Å². The fraction of sp³-hybridized carbons (Fsp3) is 0.167. The molecule has 1 heterocycles. The van der Waals surface area contributed by atoms with Gasteiger partial charge >= 0.3 is 6.18 Å². The number of anilines is 1. The third-order valence-electron chi connectivity index (χ3n) is 3.76. The molecule has 0 fully saturated rings. The molecule has 3 nitrogen and oxygen atoms in total. The summed E-state index contributed by atoms with van der Waals surface area (Å²) in [6.45, 7) is 0. The molecule has 0 saturated heterocycles. The van der Waals surface area contributed by atoms with Crippen LogP contribution in [0.3, 0.4) is 0 Å². The van der Waals surface area contributed by atoms with Gasteiger partial charge in [0.05, 0.1) is 10.8 Å². The van der Waals surface area contributed by atoms with Crippen LogP contribution in [0, 0.1) is 5.82 Å². The van der Waals surface area contributed by atoms with Crippen LogP contribution in [0.25, 0.3) is 4.91 Å². The molecule has 136 valence electrons. The number of alkyl halides is 3. The lowest BCUT2D eigenvalue weighted by atomic mass is 10.1. The average Bonchev–Trinajstić information content (AvgIpc) is 3.04. The van der Waals surface area contributed by atoms with E-state index >= 15 is 0 Å². The number of halogens is 4. The molecule has 2 N–H and O–H groups in total. The Bertz CT molecular complexity index is 880. The molecule has 1 unspecified atom stereocenters.